The van der Waals surface area contributed by atoms with Gasteiger partial charge in [0, 0.05) is 13.1 Å². The summed E-state index contributed by atoms with van der Waals surface area (Å²) in [5.74, 6) is -1.15. The van der Waals surface area contributed by atoms with E-state index < -0.39 is 46.2 Å². The molecule has 0 saturated heterocycles. The Bertz CT molecular complexity index is 1580. The van der Waals surface area contributed by atoms with Crippen molar-refractivity contribution in [1.29, 1.82) is 0 Å². The van der Waals surface area contributed by atoms with Gasteiger partial charge in [-0.1, -0.05) is 73.8 Å². The largest absolute Gasteiger partial charge is 0.416 e. The van der Waals surface area contributed by atoms with Gasteiger partial charge >= 0.3 is 6.18 Å². The van der Waals surface area contributed by atoms with E-state index in [4.69, 9.17) is 23.2 Å². The summed E-state index contributed by atoms with van der Waals surface area (Å²) in [6, 6.07) is 13.1. The first-order chi connectivity index (χ1) is 20.5. The highest BCUT2D eigenvalue weighted by Gasteiger charge is 2.36. The topological polar surface area (TPSA) is 86.8 Å². The lowest BCUT2D eigenvalue weighted by molar-refractivity contribution is -0.140. The van der Waals surface area contributed by atoms with Gasteiger partial charge in [0.05, 0.1) is 26.2 Å². The summed E-state index contributed by atoms with van der Waals surface area (Å²) in [6.07, 6.45) is -4.59. The average Bonchev–Trinajstić information content (AvgIpc) is 2.96. The lowest BCUT2D eigenvalue weighted by Crippen LogP contribution is -2.52. The molecule has 0 aliphatic rings. The predicted octanol–water partition coefficient (Wildman–Crippen LogP) is 7.10. The first-order valence-corrected chi connectivity index (χ1v) is 16.0. The molecule has 238 valence electrons. The Balaban J connectivity index is 2.12. The van der Waals surface area contributed by atoms with Gasteiger partial charge in [0.15, 0.2) is 0 Å². The number of carbonyl (C=O) groups is 2. The van der Waals surface area contributed by atoms with Crippen LogP contribution in [0, 0.1) is 12.8 Å². The highest BCUT2D eigenvalue weighted by atomic mass is 35.5. The standard InChI is InChI=1S/C31H34Cl2F3N3O4S/c1-5-28(30(41)37-17-20(2)3)38(18-22-11-14-26(32)27(33)15-22)29(40)19-39(24-8-6-7-23(16-24)31(34,35)36)44(42,43)25-12-9-21(4)10-13-25/h6-16,20,28H,5,17-19H2,1-4H3,(H,37,41)/t28-/m0/s1. The molecule has 1 N–H and O–H groups in total. The lowest BCUT2D eigenvalue weighted by Gasteiger charge is -2.33. The molecule has 1 atom stereocenters. The Hall–Kier alpha value is -3.28. The molecule has 7 nitrogen and oxygen atoms in total. The third-order valence-electron chi connectivity index (χ3n) is 6.76. The average molecular weight is 673 g/mol. The van der Waals surface area contributed by atoms with Crippen molar-refractivity contribution in [2.24, 2.45) is 5.92 Å². The Morgan fingerprint density at radius 2 is 1.61 bits per heavy atom. The molecule has 0 saturated carbocycles. The second-order valence-electron chi connectivity index (χ2n) is 10.7. The molecule has 44 heavy (non-hydrogen) atoms. The fourth-order valence-corrected chi connectivity index (χ4v) is 6.11. The summed E-state index contributed by atoms with van der Waals surface area (Å²) in [5.41, 5.74) is -0.175. The molecule has 0 radical (unpaired) electrons. The Labute approximate surface area is 266 Å². The van der Waals surface area contributed by atoms with Crippen LogP contribution < -0.4 is 9.62 Å². The van der Waals surface area contributed by atoms with Crippen LogP contribution in [0.4, 0.5) is 18.9 Å². The van der Waals surface area contributed by atoms with Gasteiger partial charge in [0.1, 0.15) is 12.6 Å². The molecule has 3 rings (SSSR count). The zero-order chi connectivity index (χ0) is 32.8. The van der Waals surface area contributed by atoms with Gasteiger partial charge in [-0.25, -0.2) is 8.42 Å². The number of nitrogens with zero attached hydrogens (tertiary/aromatic N) is 2. The monoisotopic (exact) mass is 671 g/mol. The Kier molecular flexibility index (Phi) is 11.7. The third-order valence-corrected chi connectivity index (χ3v) is 9.28. The molecular weight excluding hydrogens is 638 g/mol. The van der Waals surface area contributed by atoms with Gasteiger partial charge < -0.3 is 10.2 Å². The predicted molar refractivity (Wildman–Crippen MR) is 166 cm³/mol. The highest BCUT2D eigenvalue weighted by Crippen LogP contribution is 2.33. The number of nitrogens with one attached hydrogen (secondary N) is 1. The van der Waals surface area contributed by atoms with Crippen LogP contribution in [0.3, 0.4) is 0 Å². The maximum Gasteiger partial charge on any atom is 0.416 e. The summed E-state index contributed by atoms with van der Waals surface area (Å²) < 4.78 is 69.4. The number of benzene rings is 3. The maximum absolute atomic E-state index is 14.1. The van der Waals surface area contributed by atoms with Gasteiger partial charge in [0.25, 0.3) is 10.0 Å². The molecule has 0 heterocycles. The first-order valence-electron chi connectivity index (χ1n) is 13.8. The normalized spacial score (nSPS) is 12.6. The zero-order valence-corrected chi connectivity index (χ0v) is 27.0. The molecular formula is C31H34Cl2F3N3O4S. The number of sulfonamides is 1. The Morgan fingerprint density at radius 3 is 2.18 bits per heavy atom. The summed E-state index contributed by atoms with van der Waals surface area (Å²) >= 11 is 12.3. The fraction of sp³-hybridized carbons (Fsp3) is 0.355. The molecule has 13 heteroatoms. The zero-order valence-electron chi connectivity index (χ0n) is 24.7. The van der Waals surface area contributed by atoms with Crippen LogP contribution in [-0.2, 0) is 32.3 Å². The van der Waals surface area contributed by atoms with E-state index in [-0.39, 0.29) is 39.5 Å². The van der Waals surface area contributed by atoms with Crippen LogP contribution in [0.2, 0.25) is 10.0 Å². The van der Waals surface area contributed by atoms with Crippen molar-refractivity contribution < 1.29 is 31.2 Å². The maximum atomic E-state index is 14.1. The SMILES string of the molecule is CC[C@@H](C(=O)NCC(C)C)N(Cc1ccc(Cl)c(Cl)c1)C(=O)CN(c1cccc(C(F)(F)F)c1)S(=O)(=O)c1ccc(C)cc1. The fourth-order valence-electron chi connectivity index (χ4n) is 4.38. The number of hydrogen-bond donors (Lipinski definition) is 1. The molecule has 3 aromatic carbocycles. The second kappa shape index (κ2) is 14.7. The van der Waals surface area contributed by atoms with E-state index in [9.17, 15) is 31.2 Å². The van der Waals surface area contributed by atoms with Crippen molar-refractivity contribution >= 4 is 50.7 Å². The smallest absolute Gasteiger partial charge is 0.354 e. The number of hydrogen-bond acceptors (Lipinski definition) is 4. The quantitative estimate of drug-likeness (QED) is 0.223. The molecule has 0 aliphatic carbocycles. The van der Waals surface area contributed by atoms with E-state index in [1.165, 1.54) is 35.2 Å². The van der Waals surface area contributed by atoms with Gasteiger partial charge in [-0.2, -0.15) is 13.2 Å². The van der Waals surface area contributed by atoms with Gasteiger partial charge in [-0.3, -0.25) is 13.9 Å². The molecule has 2 amide bonds. The van der Waals surface area contributed by atoms with Crippen LogP contribution in [0.15, 0.2) is 71.6 Å². The molecule has 0 aromatic heterocycles. The van der Waals surface area contributed by atoms with Crippen molar-refractivity contribution in [1.82, 2.24) is 10.2 Å². The van der Waals surface area contributed by atoms with Gasteiger partial charge in [0.2, 0.25) is 11.8 Å². The highest BCUT2D eigenvalue weighted by molar-refractivity contribution is 7.92. The first kappa shape index (κ1) is 35.2. The van der Waals surface area contributed by atoms with Crippen LogP contribution in [0.25, 0.3) is 0 Å². The summed E-state index contributed by atoms with van der Waals surface area (Å²) in [4.78, 5) is 28.4. The molecule has 3 aromatic rings. The molecule has 0 unspecified atom stereocenters. The number of carbonyl (C=O) groups excluding carboxylic acids is 2. The van der Waals surface area contributed by atoms with Crippen molar-refractivity contribution in [2.45, 2.75) is 57.8 Å². The minimum Gasteiger partial charge on any atom is -0.354 e. The summed E-state index contributed by atoms with van der Waals surface area (Å²) in [7, 11) is -4.54. The number of aryl methyl sites for hydroxylation is 1. The van der Waals surface area contributed by atoms with Crippen LogP contribution in [-0.4, -0.2) is 44.3 Å². The third kappa shape index (κ3) is 8.89. The van der Waals surface area contributed by atoms with Crippen molar-refractivity contribution in [3.05, 3.63) is 93.5 Å². The van der Waals surface area contributed by atoms with E-state index >= 15 is 0 Å². The summed E-state index contributed by atoms with van der Waals surface area (Å²) in [6.45, 7) is 6.56. The molecule has 0 spiro atoms. The molecule has 0 fully saturated rings. The van der Waals surface area contributed by atoms with E-state index in [1.54, 1.807) is 32.0 Å². The molecule has 0 bridgehead atoms. The van der Waals surface area contributed by atoms with Crippen LogP contribution in [0.1, 0.15) is 43.9 Å². The van der Waals surface area contributed by atoms with Crippen molar-refractivity contribution in [2.75, 3.05) is 17.4 Å². The number of amides is 2. The van der Waals surface area contributed by atoms with Crippen LogP contribution >= 0.6 is 23.2 Å². The van der Waals surface area contributed by atoms with Gasteiger partial charge in [-0.05, 0) is 67.3 Å². The van der Waals surface area contributed by atoms with Gasteiger partial charge in [-0.15, -0.1) is 0 Å². The minimum atomic E-state index is -4.76. The minimum absolute atomic E-state index is 0.117. The lowest BCUT2D eigenvalue weighted by atomic mass is 10.1. The number of anilines is 1. The number of halogens is 5. The Morgan fingerprint density at radius 1 is 0.955 bits per heavy atom. The van der Waals surface area contributed by atoms with Crippen molar-refractivity contribution in [3.63, 3.8) is 0 Å². The summed E-state index contributed by atoms with van der Waals surface area (Å²) in [5, 5.41) is 3.29. The number of rotatable bonds is 12. The van der Waals surface area contributed by atoms with Crippen molar-refractivity contribution in [3.8, 4) is 0 Å². The second-order valence-corrected chi connectivity index (χ2v) is 13.4. The van der Waals surface area contributed by atoms with E-state index in [2.05, 4.69) is 5.32 Å². The van der Waals surface area contributed by atoms with E-state index in [1.807, 2.05) is 13.8 Å². The van der Waals surface area contributed by atoms with Crippen LogP contribution in [0.5, 0.6) is 0 Å². The number of alkyl halides is 3. The molecule has 0 aliphatic heterocycles. The van der Waals surface area contributed by atoms with E-state index in [0.29, 0.717) is 22.5 Å². The van der Waals surface area contributed by atoms with E-state index in [0.717, 1.165) is 17.7 Å².